The Labute approximate surface area is 146 Å². The fourth-order valence-electron chi connectivity index (χ4n) is 2.23. The van der Waals surface area contributed by atoms with Crippen LogP contribution >= 0.6 is 27.7 Å². The zero-order chi connectivity index (χ0) is 16.1. The maximum atomic E-state index is 12.3. The number of carbonyl (C=O) groups is 1. The Morgan fingerprint density at radius 2 is 2.09 bits per heavy atom. The fourth-order valence-corrected chi connectivity index (χ4v) is 3.22. The zero-order valence-electron chi connectivity index (χ0n) is 12.3. The molecule has 1 aliphatic rings. The van der Waals surface area contributed by atoms with Crippen LogP contribution in [0.1, 0.15) is 6.42 Å². The van der Waals surface area contributed by atoms with Crippen LogP contribution in [-0.4, -0.2) is 50.7 Å². The highest BCUT2D eigenvalue weighted by atomic mass is 79.9. The minimum Gasteiger partial charge on any atom is -0.458 e. The number of halogens is 1. The Hall–Kier alpha value is -1.67. The molecule has 3 rings (SSSR count). The second kappa shape index (κ2) is 7.74. The number of ether oxygens (including phenoxy) is 1. The number of amides is 1. The standard InChI is InChI=1S/C15H15BrN4O2S/c16-11-7-18-15(19-8-11)22-12-3-6-20(9-12)14(21)10-23-13-1-4-17-5-2-13/h1-2,4-5,7-8,12H,3,6,9-10H2/t12-/m0/s1. The Kier molecular flexibility index (Phi) is 5.45. The average molecular weight is 395 g/mol. The van der Waals surface area contributed by atoms with E-state index in [0.717, 1.165) is 15.8 Å². The number of rotatable bonds is 5. The molecule has 0 N–H and O–H groups in total. The van der Waals surface area contributed by atoms with Crippen LogP contribution in [0.5, 0.6) is 6.01 Å². The van der Waals surface area contributed by atoms with Crippen molar-refractivity contribution in [2.75, 3.05) is 18.8 Å². The molecule has 0 saturated carbocycles. The van der Waals surface area contributed by atoms with E-state index in [2.05, 4.69) is 30.9 Å². The molecule has 8 heteroatoms. The molecule has 1 aliphatic heterocycles. The van der Waals surface area contributed by atoms with Gasteiger partial charge in [-0.15, -0.1) is 11.8 Å². The van der Waals surface area contributed by atoms with E-state index in [0.29, 0.717) is 24.9 Å². The van der Waals surface area contributed by atoms with Crippen molar-refractivity contribution in [2.45, 2.75) is 17.4 Å². The predicted molar refractivity (Wildman–Crippen MR) is 90.3 cm³/mol. The molecular formula is C15H15BrN4O2S. The van der Waals surface area contributed by atoms with E-state index in [9.17, 15) is 4.79 Å². The molecule has 2 aromatic heterocycles. The summed E-state index contributed by atoms with van der Waals surface area (Å²) in [5.74, 6) is 0.542. The topological polar surface area (TPSA) is 68.2 Å². The van der Waals surface area contributed by atoms with Crippen molar-refractivity contribution in [3.63, 3.8) is 0 Å². The number of likely N-dealkylation sites (tertiary alicyclic amines) is 1. The molecule has 1 amide bonds. The van der Waals surface area contributed by atoms with E-state index < -0.39 is 0 Å². The van der Waals surface area contributed by atoms with Crippen LogP contribution in [0.4, 0.5) is 0 Å². The van der Waals surface area contributed by atoms with Gasteiger partial charge in [0.1, 0.15) is 6.10 Å². The summed E-state index contributed by atoms with van der Waals surface area (Å²) in [6.45, 7) is 1.28. The highest BCUT2D eigenvalue weighted by molar-refractivity contribution is 9.10. The van der Waals surface area contributed by atoms with Gasteiger partial charge in [0.05, 0.1) is 16.8 Å². The molecule has 3 heterocycles. The first-order valence-corrected chi connectivity index (χ1v) is 8.93. The normalized spacial score (nSPS) is 17.3. The SMILES string of the molecule is O=C(CSc1ccncc1)N1CC[C@H](Oc2ncc(Br)cn2)C1. The summed E-state index contributed by atoms with van der Waals surface area (Å²) in [7, 11) is 0. The highest BCUT2D eigenvalue weighted by Gasteiger charge is 2.28. The molecule has 1 saturated heterocycles. The van der Waals surface area contributed by atoms with Crippen molar-refractivity contribution in [3.8, 4) is 6.01 Å². The molecule has 0 bridgehead atoms. The van der Waals surface area contributed by atoms with Crippen molar-refractivity contribution in [3.05, 3.63) is 41.4 Å². The van der Waals surface area contributed by atoms with Crippen molar-refractivity contribution in [1.82, 2.24) is 19.9 Å². The van der Waals surface area contributed by atoms with Gasteiger partial charge in [-0.25, -0.2) is 9.97 Å². The number of pyridine rings is 1. The molecule has 1 fully saturated rings. The maximum Gasteiger partial charge on any atom is 0.316 e. The Bertz CT molecular complexity index is 656. The van der Waals surface area contributed by atoms with E-state index in [1.54, 1.807) is 24.8 Å². The van der Waals surface area contributed by atoms with Gasteiger partial charge >= 0.3 is 6.01 Å². The minimum atomic E-state index is -0.0500. The molecule has 0 spiro atoms. The monoisotopic (exact) mass is 394 g/mol. The maximum absolute atomic E-state index is 12.3. The van der Waals surface area contributed by atoms with Crippen molar-refractivity contribution in [2.24, 2.45) is 0 Å². The molecule has 0 aromatic carbocycles. The van der Waals surface area contributed by atoms with Crippen LogP contribution in [0.25, 0.3) is 0 Å². The predicted octanol–water partition coefficient (Wildman–Crippen LogP) is 2.41. The Morgan fingerprint density at radius 3 is 2.83 bits per heavy atom. The second-order valence-electron chi connectivity index (χ2n) is 5.02. The minimum absolute atomic E-state index is 0.0500. The smallest absolute Gasteiger partial charge is 0.316 e. The van der Waals surface area contributed by atoms with Crippen LogP contribution in [0, 0.1) is 0 Å². The number of thioether (sulfide) groups is 1. The van der Waals surface area contributed by atoms with Crippen LogP contribution in [0.3, 0.4) is 0 Å². The first-order chi connectivity index (χ1) is 11.2. The molecule has 6 nitrogen and oxygen atoms in total. The molecule has 1 atom stereocenters. The van der Waals surface area contributed by atoms with Crippen LogP contribution < -0.4 is 4.74 Å². The summed E-state index contributed by atoms with van der Waals surface area (Å²) in [4.78, 5) is 27.3. The lowest BCUT2D eigenvalue weighted by molar-refractivity contribution is -0.127. The lowest BCUT2D eigenvalue weighted by Crippen LogP contribution is -2.32. The summed E-state index contributed by atoms with van der Waals surface area (Å²) in [5, 5.41) is 0. The van der Waals surface area contributed by atoms with Gasteiger partial charge in [-0.1, -0.05) is 0 Å². The Morgan fingerprint density at radius 1 is 1.35 bits per heavy atom. The third-order valence-electron chi connectivity index (χ3n) is 3.38. The van der Waals surface area contributed by atoms with E-state index in [4.69, 9.17) is 4.74 Å². The summed E-state index contributed by atoms with van der Waals surface area (Å²) in [5.41, 5.74) is 0. The number of hydrogen-bond acceptors (Lipinski definition) is 6. The third-order valence-corrected chi connectivity index (χ3v) is 4.78. The van der Waals surface area contributed by atoms with Gasteiger partial charge in [0.15, 0.2) is 0 Å². The van der Waals surface area contributed by atoms with Gasteiger partial charge in [-0.05, 0) is 28.1 Å². The molecular weight excluding hydrogens is 380 g/mol. The van der Waals surface area contributed by atoms with E-state index >= 15 is 0 Å². The van der Waals surface area contributed by atoms with Gasteiger partial charge in [-0.3, -0.25) is 9.78 Å². The molecule has 23 heavy (non-hydrogen) atoms. The van der Waals surface area contributed by atoms with Crippen molar-refractivity contribution in [1.29, 1.82) is 0 Å². The van der Waals surface area contributed by atoms with Gasteiger partial charge in [0.2, 0.25) is 5.91 Å². The molecule has 0 aliphatic carbocycles. The zero-order valence-corrected chi connectivity index (χ0v) is 14.7. The van der Waals surface area contributed by atoms with E-state index in [-0.39, 0.29) is 12.0 Å². The van der Waals surface area contributed by atoms with Crippen LogP contribution in [-0.2, 0) is 4.79 Å². The lowest BCUT2D eigenvalue weighted by Gasteiger charge is -2.16. The number of aromatic nitrogens is 3. The highest BCUT2D eigenvalue weighted by Crippen LogP contribution is 2.20. The van der Waals surface area contributed by atoms with Gasteiger partial charge in [0, 0.05) is 42.6 Å². The van der Waals surface area contributed by atoms with E-state index in [1.807, 2.05) is 17.0 Å². The molecule has 2 aromatic rings. The van der Waals surface area contributed by atoms with E-state index in [1.165, 1.54) is 11.8 Å². The number of carbonyl (C=O) groups excluding carboxylic acids is 1. The molecule has 0 unspecified atom stereocenters. The first-order valence-electron chi connectivity index (χ1n) is 7.15. The van der Waals surface area contributed by atoms with Crippen LogP contribution in [0.15, 0.2) is 46.3 Å². The quantitative estimate of drug-likeness (QED) is 0.725. The summed E-state index contributed by atoms with van der Waals surface area (Å²) in [6, 6.07) is 4.15. The number of nitrogens with zero attached hydrogens (tertiary/aromatic N) is 4. The largest absolute Gasteiger partial charge is 0.458 e. The second-order valence-corrected chi connectivity index (χ2v) is 6.99. The summed E-state index contributed by atoms with van der Waals surface area (Å²) in [6.07, 6.45) is 7.49. The van der Waals surface area contributed by atoms with Gasteiger partial charge in [0.25, 0.3) is 0 Å². The van der Waals surface area contributed by atoms with Crippen LogP contribution in [0.2, 0.25) is 0 Å². The number of hydrogen-bond donors (Lipinski definition) is 0. The molecule has 0 radical (unpaired) electrons. The summed E-state index contributed by atoms with van der Waals surface area (Å²) >= 11 is 4.80. The summed E-state index contributed by atoms with van der Waals surface area (Å²) < 4.78 is 6.53. The lowest BCUT2D eigenvalue weighted by atomic mass is 10.3. The third kappa shape index (κ3) is 4.65. The average Bonchev–Trinajstić information content (AvgIpc) is 3.04. The first kappa shape index (κ1) is 16.2. The van der Waals surface area contributed by atoms with Gasteiger partial charge < -0.3 is 9.64 Å². The molecule has 120 valence electrons. The fraction of sp³-hybridized carbons (Fsp3) is 0.333. The Balaban J connectivity index is 1.47. The van der Waals surface area contributed by atoms with Gasteiger partial charge in [-0.2, -0.15) is 0 Å². The van der Waals surface area contributed by atoms with Crippen molar-refractivity contribution < 1.29 is 9.53 Å². The van der Waals surface area contributed by atoms with Crippen molar-refractivity contribution >= 4 is 33.6 Å².